The third-order valence-corrected chi connectivity index (χ3v) is 2.47. The van der Waals surface area contributed by atoms with Crippen LogP contribution in [-0.2, 0) is 0 Å². The maximum Gasteiger partial charge on any atom is 0.337 e. The fourth-order valence-corrected chi connectivity index (χ4v) is 1.64. The second kappa shape index (κ2) is 4.31. The highest BCUT2D eigenvalue weighted by atomic mass is 32.2. The van der Waals surface area contributed by atoms with Crippen molar-refractivity contribution in [1.82, 2.24) is 15.2 Å². The topological polar surface area (TPSA) is 89.1 Å². The molecule has 82 valence electrons. The summed E-state index contributed by atoms with van der Waals surface area (Å²) in [6.07, 6.45) is 1.29. The van der Waals surface area contributed by atoms with Crippen molar-refractivity contribution in [3.05, 3.63) is 29.8 Å². The minimum absolute atomic E-state index is 0.144. The molecule has 0 radical (unpaired) electrons. The number of aryl methyl sites for hydroxylation is 1. The Kier molecular flexibility index (Phi) is 2.86. The van der Waals surface area contributed by atoms with Crippen molar-refractivity contribution in [1.29, 1.82) is 0 Å². The van der Waals surface area contributed by atoms with E-state index in [0.717, 1.165) is 0 Å². The van der Waals surface area contributed by atoms with Crippen LogP contribution in [0.5, 0.6) is 0 Å². The molecule has 0 unspecified atom stereocenters. The molecule has 2 aromatic heterocycles. The van der Waals surface area contributed by atoms with Crippen LogP contribution in [-0.4, -0.2) is 26.3 Å². The third-order valence-electron chi connectivity index (χ3n) is 1.68. The summed E-state index contributed by atoms with van der Waals surface area (Å²) in [5.74, 6) is -0.526. The zero-order chi connectivity index (χ0) is 11.5. The summed E-state index contributed by atoms with van der Waals surface area (Å²) < 4.78 is 5.15. The van der Waals surface area contributed by atoms with Gasteiger partial charge < -0.3 is 9.52 Å². The molecule has 0 spiro atoms. The maximum atomic E-state index is 10.6. The van der Waals surface area contributed by atoms with E-state index in [1.807, 2.05) is 0 Å². The van der Waals surface area contributed by atoms with Crippen LogP contribution in [0.15, 0.2) is 33.0 Å². The van der Waals surface area contributed by atoms with E-state index in [4.69, 9.17) is 9.52 Å². The highest BCUT2D eigenvalue weighted by Gasteiger charge is 2.07. The van der Waals surface area contributed by atoms with Crippen LogP contribution >= 0.6 is 11.8 Å². The lowest BCUT2D eigenvalue weighted by Gasteiger charge is -1.96. The summed E-state index contributed by atoms with van der Waals surface area (Å²) in [5.41, 5.74) is 0.144. The molecule has 0 saturated carbocycles. The Labute approximate surface area is 94.7 Å². The van der Waals surface area contributed by atoms with Gasteiger partial charge in [0.1, 0.15) is 5.03 Å². The van der Waals surface area contributed by atoms with Gasteiger partial charge in [-0.2, -0.15) is 0 Å². The fourth-order valence-electron chi connectivity index (χ4n) is 0.976. The molecule has 0 aliphatic heterocycles. The Morgan fingerprint density at radius 2 is 2.25 bits per heavy atom. The number of rotatable bonds is 3. The van der Waals surface area contributed by atoms with Crippen molar-refractivity contribution < 1.29 is 14.3 Å². The number of carboxylic acids is 1. The molecular weight excluding hydrogens is 230 g/mol. The van der Waals surface area contributed by atoms with Gasteiger partial charge >= 0.3 is 5.97 Å². The molecule has 6 nitrogen and oxygen atoms in total. The lowest BCUT2D eigenvalue weighted by Crippen LogP contribution is -1.96. The van der Waals surface area contributed by atoms with Gasteiger partial charge in [0, 0.05) is 13.1 Å². The number of hydrogen-bond donors (Lipinski definition) is 1. The maximum absolute atomic E-state index is 10.6. The number of carbonyl (C=O) groups is 1. The largest absolute Gasteiger partial charge is 0.478 e. The van der Waals surface area contributed by atoms with E-state index in [1.165, 1.54) is 24.0 Å². The van der Waals surface area contributed by atoms with Gasteiger partial charge in [-0.15, -0.1) is 10.2 Å². The van der Waals surface area contributed by atoms with Crippen LogP contribution in [0.1, 0.15) is 16.2 Å². The highest BCUT2D eigenvalue weighted by molar-refractivity contribution is 7.99. The second-order valence-corrected chi connectivity index (χ2v) is 3.85. The first kappa shape index (κ1) is 10.6. The first-order valence-corrected chi connectivity index (χ1v) is 5.14. The van der Waals surface area contributed by atoms with Crippen LogP contribution in [0.4, 0.5) is 0 Å². The monoisotopic (exact) mass is 237 g/mol. The number of pyridine rings is 1. The van der Waals surface area contributed by atoms with Gasteiger partial charge in [-0.1, -0.05) is 0 Å². The molecule has 0 aliphatic carbocycles. The van der Waals surface area contributed by atoms with Crippen LogP contribution in [0.2, 0.25) is 0 Å². The summed E-state index contributed by atoms with van der Waals surface area (Å²) in [5, 5.41) is 17.1. The summed E-state index contributed by atoms with van der Waals surface area (Å²) in [6, 6.07) is 3.06. The minimum Gasteiger partial charge on any atom is -0.478 e. The van der Waals surface area contributed by atoms with Crippen molar-refractivity contribution in [3.63, 3.8) is 0 Å². The van der Waals surface area contributed by atoms with Gasteiger partial charge in [0.05, 0.1) is 5.56 Å². The predicted octanol–water partition coefficient (Wildman–Crippen LogP) is 1.62. The van der Waals surface area contributed by atoms with Crippen LogP contribution in [0.3, 0.4) is 0 Å². The Hall–Kier alpha value is -1.89. The molecule has 2 aromatic rings. The zero-order valence-corrected chi connectivity index (χ0v) is 9.06. The van der Waals surface area contributed by atoms with E-state index in [0.29, 0.717) is 16.1 Å². The fraction of sp³-hybridized carbons (Fsp3) is 0.111. The molecule has 0 aliphatic rings. The Bertz CT molecular complexity index is 509. The lowest BCUT2D eigenvalue weighted by atomic mass is 10.3. The summed E-state index contributed by atoms with van der Waals surface area (Å²) in [6.45, 7) is 1.69. The van der Waals surface area contributed by atoms with Crippen molar-refractivity contribution in [2.45, 2.75) is 17.2 Å². The minimum atomic E-state index is -1.00. The van der Waals surface area contributed by atoms with Gasteiger partial charge in [-0.3, -0.25) is 0 Å². The Morgan fingerprint density at radius 3 is 2.75 bits per heavy atom. The molecule has 1 N–H and O–H groups in total. The molecule has 2 heterocycles. The van der Waals surface area contributed by atoms with Gasteiger partial charge in [0.15, 0.2) is 0 Å². The third kappa shape index (κ3) is 2.37. The molecule has 0 amide bonds. The molecule has 0 aromatic carbocycles. The Balaban J connectivity index is 2.14. The molecule has 16 heavy (non-hydrogen) atoms. The van der Waals surface area contributed by atoms with Gasteiger partial charge in [0.25, 0.3) is 5.22 Å². The number of hydrogen-bond acceptors (Lipinski definition) is 6. The van der Waals surface area contributed by atoms with Crippen LogP contribution in [0, 0.1) is 6.92 Å². The van der Waals surface area contributed by atoms with Crippen molar-refractivity contribution in [2.75, 3.05) is 0 Å². The van der Waals surface area contributed by atoms with E-state index in [1.54, 1.807) is 13.0 Å². The normalized spacial score (nSPS) is 10.3. The highest BCUT2D eigenvalue weighted by Crippen LogP contribution is 2.24. The lowest BCUT2D eigenvalue weighted by molar-refractivity contribution is 0.0696. The summed E-state index contributed by atoms with van der Waals surface area (Å²) in [7, 11) is 0. The quantitative estimate of drug-likeness (QED) is 0.867. The van der Waals surface area contributed by atoms with E-state index >= 15 is 0 Å². The van der Waals surface area contributed by atoms with Gasteiger partial charge in [0.2, 0.25) is 5.89 Å². The van der Waals surface area contributed by atoms with E-state index in [9.17, 15) is 4.79 Å². The number of aromatic carboxylic acids is 1. The first-order chi connectivity index (χ1) is 7.65. The molecular formula is C9H7N3O3S. The molecule has 0 saturated heterocycles. The van der Waals surface area contributed by atoms with Crippen molar-refractivity contribution in [2.24, 2.45) is 0 Å². The number of aromatic nitrogens is 3. The average molecular weight is 237 g/mol. The van der Waals surface area contributed by atoms with E-state index in [-0.39, 0.29) is 5.56 Å². The molecule has 0 bridgehead atoms. The van der Waals surface area contributed by atoms with E-state index in [2.05, 4.69) is 15.2 Å². The van der Waals surface area contributed by atoms with Crippen molar-refractivity contribution in [3.8, 4) is 0 Å². The molecule has 2 rings (SSSR count). The summed E-state index contributed by atoms with van der Waals surface area (Å²) >= 11 is 1.18. The average Bonchev–Trinajstić information content (AvgIpc) is 2.65. The molecule has 7 heteroatoms. The second-order valence-electron chi connectivity index (χ2n) is 2.88. The molecule has 0 atom stereocenters. The van der Waals surface area contributed by atoms with Crippen molar-refractivity contribution >= 4 is 17.7 Å². The van der Waals surface area contributed by atoms with Gasteiger partial charge in [-0.05, 0) is 23.9 Å². The van der Waals surface area contributed by atoms with Crippen LogP contribution < -0.4 is 0 Å². The Morgan fingerprint density at radius 1 is 1.44 bits per heavy atom. The predicted molar refractivity (Wildman–Crippen MR) is 54.4 cm³/mol. The first-order valence-electron chi connectivity index (χ1n) is 4.32. The number of carboxylic acid groups (broad SMARTS) is 1. The standard InChI is InChI=1S/C9H7N3O3S/c1-5-11-12-9(15-5)16-7-3-2-6(4-10-7)8(13)14/h2-4H,1H3,(H,13,14). The van der Waals surface area contributed by atoms with Gasteiger partial charge in [-0.25, -0.2) is 9.78 Å². The SMILES string of the molecule is Cc1nnc(Sc2ccc(C(=O)O)cn2)o1. The smallest absolute Gasteiger partial charge is 0.337 e. The van der Waals surface area contributed by atoms with E-state index < -0.39 is 5.97 Å². The zero-order valence-electron chi connectivity index (χ0n) is 8.25. The summed E-state index contributed by atoms with van der Waals surface area (Å²) in [4.78, 5) is 14.5. The van der Waals surface area contributed by atoms with Crippen LogP contribution in [0.25, 0.3) is 0 Å². The molecule has 0 fully saturated rings. The number of nitrogens with zero attached hydrogens (tertiary/aromatic N) is 3.